The third-order valence-corrected chi connectivity index (χ3v) is 5.00. The highest BCUT2D eigenvalue weighted by Gasteiger charge is 2.47. The van der Waals surface area contributed by atoms with E-state index < -0.39 is 12.0 Å². The molecule has 7 heteroatoms. The summed E-state index contributed by atoms with van der Waals surface area (Å²) >= 11 is 1.54. The quantitative estimate of drug-likeness (QED) is 0.800. The number of hydrogen-bond acceptors (Lipinski definition) is 4. The number of nitrogens with zero attached hydrogens (tertiary/aromatic N) is 2. The topological polar surface area (TPSA) is 77.9 Å². The van der Waals surface area contributed by atoms with Crippen LogP contribution in [-0.4, -0.2) is 63.5 Å². The molecule has 1 aliphatic carbocycles. The van der Waals surface area contributed by atoms with E-state index in [0.29, 0.717) is 11.7 Å². The molecule has 0 aromatic carbocycles. The van der Waals surface area contributed by atoms with Gasteiger partial charge >= 0.3 is 5.97 Å². The molecule has 0 aromatic heterocycles. The summed E-state index contributed by atoms with van der Waals surface area (Å²) in [5.74, 6) is -0.580. The molecule has 2 rings (SSSR count). The van der Waals surface area contributed by atoms with Gasteiger partial charge in [0.05, 0.1) is 11.9 Å². The Morgan fingerprint density at radius 1 is 1.37 bits per heavy atom. The van der Waals surface area contributed by atoms with Crippen LogP contribution < -0.4 is 0 Å². The van der Waals surface area contributed by atoms with Crippen LogP contribution >= 0.6 is 11.8 Å². The lowest BCUT2D eigenvalue weighted by Gasteiger charge is -2.29. The zero-order valence-electron chi connectivity index (χ0n) is 11.0. The maximum absolute atomic E-state index is 12.3. The lowest BCUT2D eigenvalue weighted by Crippen LogP contribution is -2.50. The van der Waals surface area contributed by atoms with E-state index >= 15 is 0 Å². The lowest BCUT2D eigenvalue weighted by atomic mass is 10.2. The number of carbonyl (C=O) groups is 3. The SMILES string of the molecule is CC(=O)N(C)CC(=O)N1C(C(=O)O)CSC1C1CC1. The van der Waals surface area contributed by atoms with E-state index in [4.69, 9.17) is 0 Å². The molecule has 6 nitrogen and oxygen atoms in total. The van der Waals surface area contributed by atoms with Crippen molar-refractivity contribution >= 4 is 29.5 Å². The molecule has 0 aromatic rings. The fraction of sp³-hybridized carbons (Fsp3) is 0.750. The van der Waals surface area contributed by atoms with Crippen LogP contribution in [0.3, 0.4) is 0 Å². The van der Waals surface area contributed by atoms with Gasteiger partial charge < -0.3 is 14.9 Å². The van der Waals surface area contributed by atoms with E-state index in [1.165, 1.54) is 16.7 Å². The molecule has 2 atom stereocenters. The maximum atomic E-state index is 12.3. The van der Waals surface area contributed by atoms with E-state index in [9.17, 15) is 19.5 Å². The average molecular weight is 286 g/mol. The number of amides is 2. The molecular formula is C12H18N2O4S. The van der Waals surface area contributed by atoms with Crippen molar-refractivity contribution in [2.24, 2.45) is 5.92 Å². The molecule has 106 valence electrons. The number of hydrogen-bond donors (Lipinski definition) is 1. The molecule has 1 aliphatic heterocycles. The Labute approximate surface area is 116 Å². The van der Waals surface area contributed by atoms with Gasteiger partial charge in [0.2, 0.25) is 11.8 Å². The smallest absolute Gasteiger partial charge is 0.327 e. The molecule has 2 aliphatic rings. The van der Waals surface area contributed by atoms with Crippen molar-refractivity contribution in [1.29, 1.82) is 0 Å². The summed E-state index contributed by atoms with van der Waals surface area (Å²) in [4.78, 5) is 37.5. The van der Waals surface area contributed by atoms with Gasteiger partial charge in [0.1, 0.15) is 6.04 Å². The van der Waals surface area contributed by atoms with Gasteiger partial charge in [-0.3, -0.25) is 9.59 Å². The minimum absolute atomic E-state index is 0.0334. The van der Waals surface area contributed by atoms with Crippen LogP contribution in [0.1, 0.15) is 19.8 Å². The normalized spacial score (nSPS) is 26.3. The Morgan fingerprint density at radius 2 is 2.00 bits per heavy atom. The fourth-order valence-corrected chi connectivity index (χ4v) is 3.83. The Balaban J connectivity index is 2.09. The molecule has 1 N–H and O–H groups in total. The molecule has 1 saturated heterocycles. The third kappa shape index (κ3) is 3.02. The largest absolute Gasteiger partial charge is 0.480 e. The van der Waals surface area contributed by atoms with Gasteiger partial charge in [-0.1, -0.05) is 0 Å². The fourth-order valence-electron chi connectivity index (χ4n) is 2.17. The number of carboxylic acid groups (broad SMARTS) is 1. The van der Waals surface area contributed by atoms with Crippen LogP contribution in [0, 0.1) is 5.92 Å². The maximum Gasteiger partial charge on any atom is 0.327 e. The molecule has 0 bridgehead atoms. The van der Waals surface area contributed by atoms with Crippen molar-refractivity contribution < 1.29 is 19.5 Å². The van der Waals surface area contributed by atoms with Crippen LogP contribution in [0.25, 0.3) is 0 Å². The lowest BCUT2D eigenvalue weighted by molar-refractivity contribution is -0.150. The molecule has 0 radical (unpaired) electrons. The highest BCUT2D eigenvalue weighted by atomic mass is 32.2. The van der Waals surface area contributed by atoms with Crippen molar-refractivity contribution in [2.75, 3.05) is 19.3 Å². The summed E-state index contributed by atoms with van der Waals surface area (Å²) in [6, 6.07) is -0.761. The first-order valence-electron chi connectivity index (χ1n) is 6.29. The zero-order valence-corrected chi connectivity index (χ0v) is 11.9. The van der Waals surface area contributed by atoms with Crippen LogP contribution in [0.4, 0.5) is 0 Å². The van der Waals surface area contributed by atoms with Crippen LogP contribution in [0.15, 0.2) is 0 Å². The van der Waals surface area contributed by atoms with E-state index in [1.807, 2.05) is 0 Å². The minimum atomic E-state index is -0.963. The second-order valence-electron chi connectivity index (χ2n) is 5.09. The first kappa shape index (κ1) is 14.2. The summed E-state index contributed by atoms with van der Waals surface area (Å²) in [6.07, 6.45) is 2.10. The summed E-state index contributed by atoms with van der Waals surface area (Å²) < 4.78 is 0. The monoisotopic (exact) mass is 286 g/mol. The van der Waals surface area contributed by atoms with Gasteiger partial charge in [0.25, 0.3) is 0 Å². The average Bonchev–Trinajstić information content (AvgIpc) is 3.06. The number of carbonyl (C=O) groups excluding carboxylic acids is 2. The number of thioether (sulfide) groups is 1. The molecule has 2 unspecified atom stereocenters. The highest BCUT2D eigenvalue weighted by molar-refractivity contribution is 8.00. The Kier molecular flexibility index (Phi) is 4.03. The second kappa shape index (κ2) is 5.40. The first-order chi connectivity index (χ1) is 8.91. The number of likely N-dealkylation sites (N-methyl/N-ethyl adjacent to an activating group) is 1. The van der Waals surface area contributed by atoms with Gasteiger partial charge in [0, 0.05) is 19.7 Å². The standard InChI is InChI=1S/C12H18N2O4S/c1-7(15)13(2)5-10(16)14-9(12(17)18)6-19-11(14)8-3-4-8/h8-9,11H,3-6H2,1-2H3,(H,17,18). The summed E-state index contributed by atoms with van der Waals surface area (Å²) in [5.41, 5.74) is 0. The van der Waals surface area contributed by atoms with Gasteiger partial charge in [-0.05, 0) is 18.8 Å². The van der Waals surface area contributed by atoms with Crippen molar-refractivity contribution in [3.63, 3.8) is 0 Å². The van der Waals surface area contributed by atoms with Crippen molar-refractivity contribution in [3.8, 4) is 0 Å². The summed E-state index contributed by atoms with van der Waals surface area (Å²) in [7, 11) is 1.55. The molecule has 2 fully saturated rings. The van der Waals surface area contributed by atoms with Crippen molar-refractivity contribution in [3.05, 3.63) is 0 Å². The van der Waals surface area contributed by atoms with Gasteiger partial charge in [0.15, 0.2) is 0 Å². The van der Waals surface area contributed by atoms with Crippen molar-refractivity contribution in [2.45, 2.75) is 31.2 Å². The first-order valence-corrected chi connectivity index (χ1v) is 7.34. The van der Waals surface area contributed by atoms with Gasteiger partial charge in [-0.2, -0.15) is 0 Å². The molecule has 1 saturated carbocycles. The Morgan fingerprint density at radius 3 is 2.47 bits per heavy atom. The Hall–Kier alpha value is -1.24. The van der Waals surface area contributed by atoms with Crippen LogP contribution in [-0.2, 0) is 14.4 Å². The predicted molar refractivity (Wildman–Crippen MR) is 70.6 cm³/mol. The molecular weight excluding hydrogens is 268 g/mol. The van der Waals surface area contributed by atoms with E-state index in [0.717, 1.165) is 12.8 Å². The van der Waals surface area contributed by atoms with E-state index in [-0.39, 0.29) is 23.7 Å². The minimum Gasteiger partial charge on any atom is -0.480 e. The summed E-state index contributed by atoms with van der Waals surface area (Å²) in [5, 5.41) is 9.17. The van der Waals surface area contributed by atoms with E-state index in [2.05, 4.69) is 0 Å². The molecule has 0 spiro atoms. The molecule has 1 heterocycles. The second-order valence-corrected chi connectivity index (χ2v) is 6.24. The summed E-state index contributed by atoms with van der Waals surface area (Å²) in [6.45, 7) is 1.34. The van der Waals surface area contributed by atoms with Gasteiger partial charge in [-0.25, -0.2) is 4.79 Å². The molecule has 2 amide bonds. The highest BCUT2D eigenvalue weighted by Crippen LogP contribution is 2.45. The van der Waals surface area contributed by atoms with Crippen molar-refractivity contribution in [1.82, 2.24) is 9.80 Å². The van der Waals surface area contributed by atoms with Crippen LogP contribution in [0.2, 0.25) is 0 Å². The molecule has 19 heavy (non-hydrogen) atoms. The third-order valence-electron chi connectivity index (χ3n) is 3.54. The van der Waals surface area contributed by atoms with Crippen LogP contribution in [0.5, 0.6) is 0 Å². The Bertz CT molecular complexity index is 411. The number of rotatable bonds is 4. The number of aliphatic carboxylic acids is 1. The van der Waals surface area contributed by atoms with Gasteiger partial charge in [-0.15, -0.1) is 11.8 Å². The van der Waals surface area contributed by atoms with E-state index in [1.54, 1.807) is 18.8 Å². The number of carboxylic acids is 1. The predicted octanol–water partition coefficient (Wildman–Crippen LogP) is 0.229. The zero-order chi connectivity index (χ0) is 14.2.